The van der Waals surface area contributed by atoms with Gasteiger partial charge >= 0.3 is 17.4 Å². The molecular formula is C12H12N4O4. The Labute approximate surface area is 114 Å². The first kappa shape index (κ1) is 13.5. The smallest absolute Gasteiger partial charge is 0.392 e. The maximum atomic E-state index is 11.0. The highest BCUT2D eigenvalue weighted by atomic mass is 16.6. The molecule has 0 amide bonds. The first-order valence-corrected chi connectivity index (χ1v) is 5.64. The molecule has 0 aliphatic heterocycles. The maximum absolute atomic E-state index is 11.0. The molecule has 0 spiro atoms. The zero-order chi connectivity index (χ0) is 14.5. The number of nitro groups is 1. The topological polar surface area (TPSA) is 99.4 Å². The minimum atomic E-state index is -0.643. The number of nitrogens with one attached hydrogen (secondary N) is 1. The van der Waals surface area contributed by atoms with E-state index in [1.165, 1.54) is 7.11 Å². The predicted molar refractivity (Wildman–Crippen MR) is 71.3 cm³/mol. The molecule has 1 aromatic carbocycles. The number of benzene rings is 1. The van der Waals surface area contributed by atoms with E-state index in [-0.39, 0.29) is 11.8 Å². The van der Waals surface area contributed by atoms with Gasteiger partial charge in [0.25, 0.3) is 0 Å². The number of methoxy groups -OCH3 is 1. The van der Waals surface area contributed by atoms with Crippen LogP contribution in [0.1, 0.15) is 0 Å². The van der Waals surface area contributed by atoms with Crippen molar-refractivity contribution in [2.75, 3.05) is 19.5 Å². The van der Waals surface area contributed by atoms with Crippen molar-refractivity contribution in [3.63, 3.8) is 0 Å². The zero-order valence-corrected chi connectivity index (χ0v) is 10.9. The highest BCUT2D eigenvalue weighted by Gasteiger charge is 2.25. The zero-order valence-electron chi connectivity index (χ0n) is 10.9. The molecule has 0 radical (unpaired) electrons. The summed E-state index contributed by atoms with van der Waals surface area (Å²) in [5, 5.41) is 14.0. The number of hydrogen-bond donors (Lipinski definition) is 1. The summed E-state index contributed by atoms with van der Waals surface area (Å²) >= 11 is 0. The van der Waals surface area contributed by atoms with E-state index < -0.39 is 10.6 Å². The number of ether oxygens (including phenoxy) is 2. The van der Waals surface area contributed by atoms with Crippen molar-refractivity contribution in [2.45, 2.75) is 0 Å². The van der Waals surface area contributed by atoms with Gasteiger partial charge in [0.15, 0.2) is 0 Å². The van der Waals surface area contributed by atoms with Gasteiger partial charge in [0.05, 0.1) is 12.0 Å². The molecule has 1 aromatic heterocycles. The monoisotopic (exact) mass is 276 g/mol. The van der Waals surface area contributed by atoms with E-state index in [4.69, 9.17) is 9.47 Å². The molecule has 1 heterocycles. The lowest BCUT2D eigenvalue weighted by Gasteiger charge is -2.07. The van der Waals surface area contributed by atoms with Gasteiger partial charge in [0, 0.05) is 12.7 Å². The summed E-state index contributed by atoms with van der Waals surface area (Å²) in [6.45, 7) is 0. The molecule has 0 aliphatic carbocycles. The van der Waals surface area contributed by atoms with E-state index >= 15 is 0 Å². The predicted octanol–water partition coefficient (Wildman–Crippen LogP) is 2.23. The van der Waals surface area contributed by atoms with Gasteiger partial charge in [-0.3, -0.25) is 10.1 Å². The van der Waals surface area contributed by atoms with Crippen molar-refractivity contribution in [1.29, 1.82) is 0 Å². The van der Waals surface area contributed by atoms with Gasteiger partial charge < -0.3 is 14.8 Å². The Kier molecular flexibility index (Phi) is 3.94. The number of aromatic nitrogens is 2. The summed E-state index contributed by atoms with van der Waals surface area (Å²) in [6, 6.07) is 6.90. The Balaban J connectivity index is 2.34. The molecule has 0 saturated heterocycles. The Bertz CT molecular complexity index is 615. The van der Waals surface area contributed by atoms with E-state index in [0.717, 1.165) is 12.0 Å². The van der Waals surface area contributed by atoms with Crippen molar-refractivity contribution in [1.82, 2.24) is 9.97 Å². The van der Waals surface area contributed by atoms with Crippen molar-refractivity contribution >= 4 is 11.4 Å². The van der Waals surface area contributed by atoms with Gasteiger partial charge in [-0.15, -0.1) is 0 Å². The quantitative estimate of drug-likeness (QED) is 0.660. The van der Waals surface area contributed by atoms with Crippen molar-refractivity contribution in [2.24, 2.45) is 0 Å². The Morgan fingerprint density at radius 3 is 2.40 bits per heavy atom. The second-order valence-electron chi connectivity index (χ2n) is 3.67. The molecule has 20 heavy (non-hydrogen) atoms. The molecule has 1 N–H and O–H groups in total. The molecule has 0 unspecified atom stereocenters. The lowest BCUT2D eigenvalue weighted by atomic mass is 10.3. The van der Waals surface area contributed by atoms with Crippen LogP contribution in [0.4, 0.5) is 11.4 Å². The molecule has 0 bridgehead atoms. The summed E-state index contributed by atoms with van der Waals surface area (Å²) in [5.41, 5.74) is 0.486. The summed E-state index contributed by atoms with van der Waals surface area (Å²) < 4.78 is 10.3. The van der Waals surface area contributed by atoms with Gasteiger partial charge in [-0.1, -0.05) is 0 Å². The Hall–Kier alpha value is -2.90. The van der Waals surface area contributed by atoms with Gasteiger partial charge in [0.2, 0.25) is 0 Å². The number of nitrogens with zero attached hydrogens (tertiary/aromatic N) is 3. The molecule has 104 valence electrons. The fourth-order valence-electron chi connectivity index (χ4n) is 1.53. The molecule has 2 aromatic rings. The van der Waals surface area contributed by atoms with Crippen molar-refractivity contribution < 1.29 is 14.4 Å². The van der Waals surface area contributed by atoms with Crippen LogP contribution in [0.5, 0.6) is 17.5 Å². The van der Waals surface area contributed by atoms with Crippen LogP contribution in [0.2, 0.25) is 0 Å². The first-order chi connectivity index (χ1) is 9.65. The largest absolute Gasteiger partial charge is 0.476 e. The van der Waals surface area contributed by atoms with Gasteiger partial charge in [-0.25, -0.2) is 0 Å². The first-order valence-electron chi connectivity index (χ1n) is 5.64. The SMILES string of the molecule is CNc1ccc(Oc2ncnc(OC)c2[N+](=O)[O-])cc1. The normalized spacial score (nSPS) is 9.90. The van der Waals surface area contributed by atoms with Crippen LogP contribution in [-0.4, -0.2) is 29.0 Å². The van der Waals surface area contributed by atoms with E-state index in [2.05, 4.69) is 15.3 Å². The second-order valence-corrected chi connectivity index (χ2v) is 3.67. The molecule has 0 atom stereocenters. The minimum absolute atomic E-state index is 0.146. The van der Waals surface area contributed by atoms with Crippen LogP contribution < -0.4 is 14.8 Å². The molecule has 8 nitrogen and oxygen atoms in total. The van der Waals surface area contributed by atoms with E-state index in [1.54, 1.807) is 31.3 Å². The number of hydrogen-bond acceptors (Lipinski definition) is 7. The lowest BCUT2D eigenvalue weighted by molar-refractivity contribution is -0.387. The highest BCUT2D eigenvalue weighted by Crippen LogP contribution is 2.35. The number of rotatable bonds is 5. The van der Waals surface area contributed by atoms with E-state index in [1.807, 2.05) is 0 Å². The van der Waals surface area contributed by atoms with Crippen LogP contribution in [0.3, 0.4) is 0 Å². The lowest BCUT2D eigenvalue weighted by Crippen LogP contribution is -2.01. The molecule has 0 fully saturated rings. The number of anilines is 1. The molecule has 2 rings (SSSR count). The fourth-order valence-corrected chi connectivity index (χ4v) is 1.53. The van der Waals surface area contributed by atoms with Crippen LogP contribution in [0, 0.1) is 10.1 Å². The molecule has 8 heteroatoms. The van der Waals surface area contributed by atoms with E-state index in [9.17, 15) is 10.1 Å². The second kappa shape index (κ2) is 5.83. The molecular weight excluding hydrogens is 264 g/mol. The van der Waals surface area contributed by atoms with Crippen molar-refractivity contribution in [3.8, 4) is 17.5 Å². The summed E-state index contributed by atoms with van der Waals surface area (Å²) in [7, 11) is 3.08. The van der Waals surface area contributed by atoms with Crippen LogP contribution in [-0.2, 0) is 0 Å². The Morgan fingerprint density at radius 1 is 1.20 bits per heavy atom. The van der Waals surface area contributed by atoms with Gasteiger partial charge in [-0.2, -0.15) is 9.97 Å². The van der Waals surface area contributed by atoms with Crippen molar-refractivity contribution in [3.05, 3.63) is 40.7 Å². The molecule has 0 aliphatic rings. The van der Waals surface area contributed by atoms with Crippen LogP contribution in [0.25, 0.3) is 0 Å². The molecule has 0 saturated carbocycles. The summed E-state index contributed by atoms with van der Waals surface area (Å²) in [5.74, 6) is 0.110. The standard InChI is InChI=1S/C12H12N4O4/c1-13-8-3-5-9(6-4-8)20-12-10(16(17)18)11(19-2)14-7-15-12/h3-7,13H,1-2H3. The minimum Gasteiger partial charge on any atom is -0.476 e. The van der Waals surface area contributed by atoms with Gasteiger partial charge in [-0.05, 0) is 24.3 Å². The third-order valence-electron chi connectivity index (χ3n) is 2.49. The highest BCUT2D eigenvalue weighted by molar-refractivity contribution is 5.52. The van der Waals surface area contributed by atoms with Gasteiger partial charge in [0.1, 0.15) is 12.1 Å². The average molecular weight is 276 g/mol. The average Bonchev–Trinajstić information content (AvgIpc) is 2.47. The fraction of sp³-hybridized carbons (Fsp3) is 0.167. The van der Waals surface area contributed by atoms with Crippen LogP contribution >= 0.6 is 0 Å². The Morgan fingerprint density at radius 2 is 1.85 bits per heavy atom. The summed E-state index contributed by atoms with van der Waals surface area (Å²) in [4.78, 5) is 17.9. The third kappa shape index (κ3) is 2.74. The maximum Gasteiger partial charge on any atom is 0.392 e. The summed E-state index contributed by atoms with van der Waals surface area (Å²) in [6.07, 6.45) is 1.14. The van der Waals surface area contributed by atoms with E-state index in [0.29, 0.717) is 5.75 Å². The third-order valence-corrected chi connectivity index (χ3v) is 2.49. The van der Waals surface area contributed by atoms with Crippen LogP contribution in [0.15, 0.2) is 30.6 Å².